The minimum absolute atomic E-state index is 0.513. The van der Waals surface area contributed by atoms with Crippen LogP contribution in [-0.4, -0.2) is 6.61 Å². The van der Waals surface area contributed by atoms with Gasteiger partial charge in [-0.05, 0) is 99.2 Å². The third-order valence-corrected chi connectivity index (χ3v) is 8.41. The summed E-state index contributed by atoms with van der Waals surface area (Å²) in [5.74, 6) is 0.147. The summed E-state index contributed by atoms with van der Waals surface area (Å²) in [4.78, 5) is 0. The Bertz CT molecular complexity index is 739. The second-order valence-corrected chi connectivity index (χ2v) is 10.9. The van der Waals surface area contributed by atoms with E-state index in [2.05, 4.69) is 23.8 Å². The highest BCUT2D eigenvalue weighted by Gasteiger charge is 2.30. The van der Waals surface area contributed by atoms with Gasteiger partial charge in [0.2, 0.25) is 0 Å². The van der Waals surface area contributed by atoms with Crippen molar-refractivity contribution in [2.75, 3.05) is 0 Å². The minimum atomic E-state index is -3.24. The number of alkyl halides is 2. The molecule has 0 N–H and O–H groups in total. The van der Waals surface area contributed by atoms with Crippen LogP contribution in [0.25, 0.3) is 0 Å². The van der Waals surface area contributed by atoms with Crippen molar-refractivity contribution in [2.24, 2.45) is 23.7 Å². The number of hydrogen-bond acceptors (Lipinski definition) is 1. The molecule has 1 aromatic rings. The molecule has 198 valence electrons. The second-order valence-electron chi connectivity index (χ2n) is 10.9. The molecule has 2 aliphatic carbocycles. The Kier molecular flexibility index (Phi) is 11.9. The summed E-state index contributed by atoms with van der Waals surface area (Å²) < 4.78 is 56.5. The van der Waals surface area contributed by atoms with Crippen LogP contribution < -0.4 is 4.74 Å². The highest BCUT2D eigenvalue weighted by Crippen LogP contribution is 2.43. The molecular weight excluding hydrogens is 452 g/mol. The highest BCUT2D eigenvalue weighted by molar-refractivity contribution is 5.31. The maximum atomic E-state index is 14.0. The first-order valence-electron chi connectivity index (χ1n) is 14.0. The fraction of sp³-hybridized carbons (Fsp3) is 0.733. The maximum Gasteiger partial charge on any atom is 0.387 e. The molecule has 2 aliphatic rings. The van der Waals surface area contributed by atoms with Crippen LogP contribution in [0, 0.1) is 35.3 Å². The van der Waals surface area contributed by atoms with Gasteiger partial charge in [-0.1, -0.05) is 64.0 Å². The van der Waals surface area contributed by atoms with Crippen LogP contribution in [0.2, 0.25) is 0 Å². The van der Waals surface area contributed by atoms with E-state index in [0.717, 1.165) is 36.3 Å². The number of benzene rings is 1. The Labute approximate surface area is 209 Å². The fourth-order valence-electron chi connectivity index (χ4n) is 6.32. The zero-order chi connectivity index (χ0) is 25.0. The average Bonchev–Trinajstić information content (AvgIpc) is 2.85. The lowest BCUT2D eigenvalue weighted by Gasteiger charge is -2.38. The van der Waals surface area contributed by atoms with Crippen molar-refractivity contribution in [3.63, 3.8) is 0 Å². The molecule has 0 bridgehead atoms. The van der Waals surface area contributed by atoms with E-state index in [4.69, 9.17) is 0 Å². The Morgan fingerprint density at radius 2 is 1.34 bits per heavy atom. The third kappa shape index (κ3) is 9.46. The largest absolute Gasteiger partial charge is 0.429 e. The SMILES string of the molecule is CCCC=CCCCCC1CCC(C2CCC(CCc3cc(F)c(OC(F)F)c(F)c3)CC2)CC1. The van der Waals surface area contributed by atoms with Gasteiger partial charge in [-0.25, -0.2) is 8.78 Å². The number of allylic oxidation sites excluding steroid dienone is 2. The molecule has 0 spiro atoms. The van der Waals surface area contributed by atoms with Gasteiger partial charge >= 0.3 is 6.61 Å². The smallest absolute Gasteiger partial charge is 0.387 e. The predicted octanol–water partition coefficient (Wildman–Crippen LogP) is 10.0. The van der Waals surface area contributed by atoms with E-state index in [-0.39, 0.29) is 0 Å². The van der Waals surface area contributed by atoms with E-state index in [0.29, 0.717) is 17.9 Å². The molecule has 0 saturated heterocycles. The topological polar surface area (TPSA) is 9.23 Å². The van der Waals surface area contributed by atoms with Gasteiger partial charge < -0.3 is 4.74 Å². The minimum Gasteiger partial charge on any atom is -0.429 e. The molecule has 1 aromatic carbocycles. The Balaban J connectivity index is 1.31. The number of rotatable bonds is 13. The van der Waals surface area contributed by atoms with Gasteiger partial charge in [0.15, 0.2) is 17.4 Å². The van der Waals surface area contributed by atoms with Crippen molar-refractivity contribution in [3.8, 4) is 5.75 Å². The van der Waals surface area contributed by atoms with Crippen LogP contribution in [-0.2, 0) is 6.42 Å². The summed E-state index contributed by atoms with van der Waals surface area (Å²) in [5.41, 5.74) is 0.513. The van der Waals surface area contributed by atoms with Crippen molar-refractivity contribution in [3.05, 3.63) is 41.5 Å². The summed E-state index contributed by atoms with van der Waals surface area (Å²) in [6.07, 6.45) is 24.4. The first-order valence-corrected chi connectivity index (χ1v) is 14.0. The lowest BCUT2D eigenvalue weighted by Crippen LogP contribution is -2.26. The summed E-state index contributed by atoms with van der Waals surface area (Å²) >= 11 is 0. The quantitative estimate of drug-likeness (QED) is 0.150. The molecule has 0 unspecified atom stereocenters. The number of halogens is 4. The summed E-state index contributed by atoms with van der Waals surface area (Å²) in [6.45, 7) is -1.02. The monoisotopic (exact) mass is 496 g/mol. The highest BCUT2D eigenvalue weighted by atomic mass is 19.3. The second kappa shape index (κ2) is 14.9. The third-order valence-electron chi connectivity index (χ3n) is 8.41. The van der Waals surface area contributed by atoms with Crippen LogP contribution in [0.4, 0.5) is 17.6 Å². The molecule has 1 nitrogen and oxygen atoms in total. The van der Waals surface area contributed by atoms with E-state index < -0.39 is 24.0 Å². The molecule has 0 radical (unpaired) electrons. The van der Waals surface area contributed by atoms with E-state index >= 15 is 0 Å². The molecule has 5 heteroatoms. The van der Waals surface area contributed by atoms with Crippen molar-refractivity contribution in [1.82, 2.24) is 0 Å². The van der Waals surface area contributed by atoms with Crippen LogP contribution in [0.15, 0.2) is 24.3 Å². The van der Waals surface area contributed by atoms with Crippen molar-refractivity contribution < 1.29 is 22.3 Å². The number of ether oxygens (including phenoxy) is 1. The lowest BCUT2D eigenvalue weighted by molar-refractivity contribution is -0.0546. The number of hydrogen-bond donors (Lipinski definition) is 0. The lowest BCUT2D eigenvalue weighted by atomic mass is 9.68. The van der Waals surface area contributed by atoms with Crippen LogP contribution >= 0.6 is 0 Å². The average molecular weight is 497 g/mol. The van der Waals surface area contributed by atoms with Gasteiger partial charge in [0.05, 0.1) is 0 Å². The molecule has 2 saturated carbocycles. The standard InChI is InChI=1S/C30H44F4O/c1-2-3-4-5-6-7-8-9-22-12-16-25(17-13-22)26-18-14-23(15-19-26)10-11-24-20-27(31)29(28(32)21-24)35-30(33)34/h4-5,20-23,25-26,30H,2-3,6-19H2,1H3. The van der Waals surface area contributed by atoms with Crippen molar-refractivity contribution >= 4 is 0 Å². The Hall–Kier alpha value is -1.52. The van der Waals surface area contributed by atoms with Gasteiger partial charge in [-0.3, -0.25) is 0 Å². The first kappa shape index (κ1) is 28.1. The van der Waals surface area contributed by atoms with Gasteiger partial charge in [0.1, 0.15) is 0 Å². The van der Waals surface area contributed by atoms with E-state index in [1.165, 1.54) is 89.9 Å². The van der Waals surface area contributed by atoms with Crippen LogP contribution in [0.5, 0.6) is 5.75 Å². The van der Waals surface area contributed by atoms with Crippen LogP contribution in [0.3, 0.4) is 0 Å². The van der Waals surface area contributed by atoms with E-state index in [1.807, 2.05) is 0 Å². The number of aryl methyl sites for hydroxylation is 1. The maximum absolute atomic E-state index is 14.0. The molecule has 0 aliphatic heterocycles. The van der Waals surface area contributed by atoms with Gasteiger partial charge in [-0.15, -0.1) is 0 Å². The summed E-state index contributed by atoms with van der Waals surface area (Å²) in [5, 5.41) is 0. The van der Waals surface area contributed by atoms with Crippen molar-refractivity contribution in [1.29, 1.82) is 0 Å². The van der Waals surface area contributed by atoms with Gasteiger partial charge in [0.25, 0.3) is 0 Å². The number of unbranched alkanes of at least 4 members (excludes halogenated alkanes) is 3. The molecule has 0 atom stereocenters. The van der Waals surface area contributed by atoms with Gasteiger partial charge in [-0.2, -0.15) is 8.78 Å². The van der Waals surface area contributed by atoms with E-state index in [9.17, 15) is 17.6 Å². The zero-order valence-corrected chi connectivity index (χ0v) is 21.4. The normalized spacial score (nSPS) is 25.4. The zero-order valence-electron chi connectivity index (χ0n) is 21.4. The predicted molar refractivity (Wildman–Crippen MR) is 135 cm³/mol. The molecule has 35 heavy (non-hydrogen) atoms. The molecule has 0 amide bonds. The van der Waals surface area contributed by atoms with Gasteiger partial charge in [0, 0.05) is 0 Å². The molecule has 3 rings (SSSR count). The Morgan fingerprint density at radius 3 is 1.89 bits per heavy atom. The Morgan fingerprint density at radius 1 is 0.800 bits per heavy atom. The van der Waals surface area contributed by atoms with Crippen LogP contribution in [0.1, 0.15) is 109 Å². The van der Waals surface area contributed by atoms with Crippen molar-refractivity contribution in [2.45, 2.75) is 116 Å². The summed E-state index contributed by atoms with van der Waals surface area (Å²) in [6, 6.07) is 2.27. The first-order chi connectivity index (χ1) is 17.0. The molecule has 0 aromatic heterocycles. The fourth-order valence-corrected chi connectivity index (χ4v) is 6.32. The molecule has 0 heterocycles. The molecular formula is C30H44F4O. The molecule has 2 fully saturated rings. The van der Waals surface area contributed by atoms with E-state index in [1.54, 1.807) is 0 Å². The summed E-state index contributed by atoms with van der Waals surface area (Å²) in [7, 11) is 0.